The van der Waals surface area contributed by atoms with Gasteiger partial charge in [-0.3, -0.25) is 4.79 Å². The van der Waals surface area contributed by atoms with Gasteiger partial charge in [0.2, 0.25) is 0 Å². The monoisotopic (exact) mass is 309 g/mol. The van der Waals surface area contributed by atoms with Crippen LogP contribution in [0.4, 0.5) is 8.78 Å². The van der Waals surface area contributed by atoms with Gasteiger partial charge < -0.3 is 5.32 Å². The number of hydrogen-bond donors (Lipinski definition) is 1. The summed E-state index contributed by atoms with van der Waals surface area (Å²) in [7, 11) is 0. The van der Waals surface area contributed by atoms with Crippen LogP contribution in [-0.2, 0) is 0 Å². The van der Waals surface area contributed by atoms with E-state index in [-0.39, 0.29) is 12.1 Å². The predicted octanol–water partition coefficient (Wildman–Crippen LogP) is 3.98. The molecule has 0 bridgehead atoms. The molecule has 1 unspecified atom stereocenters. The second-order valence-corrected chi connectivity index (χ2v) is 5.17. The summed E-state index contributed by atoms with van der Waals surface area (Å²) in [5, 5.41) is 1.99. The molecule has 0 aromatic heterocycles. The number of halogens is 3. The lowest BCUT2D eigenvalue weighted by atomic mass is 10.1. The smallest absolute Gasteiger partial charge is 0.257 e. The molecule has 110 valence electrons. The third-order valence-corrected chi connectivity index (χ3v) is 3.52. The topological polar surface area (TPSA) is 29.1 Å². The lowest BCUT2D eigenvalue weighted by molar-refractivity contribution is 0.0945. The highest BCUT2D eigenvalue weighted by Gasteiger charge is 2.19. The number of nitrogens with one attached hydrogen (secondary N) is 1. The van der Waals surface area contributed by atoms with Gasteiger partial charge in [-0.25, -0.2) is 8.78 Å². The zero-order valence-electron chi connectivity index (χ0n) is 11.4. The molecule has 21 heavy (non-hydrogen) atoms. The highest BCUT2D eigenvalue weighted by atomic mass is 35.5. The third kappa shape index (κ3) is 3.58. The van der Waals surface area contributed by atoms with Gasteiger partial charge in [-0.15, -0.1) is 11.6 Å². The molecule has 0 saturated heterocycles. The lowest BCUT2D eigenvalue weighted by Crippen LogP contribution is -2.28. The van der Waals surface area contributed by atoms with Crippen molar-refractivity contribution in [2.75, 3.05) is 6.54 Å². The lowest BCUT2D eigenvalue weighted by Gasteiger charge is -2.12. The number of carbonyl (C=O) groups excluding carboxylic acids is 1. The van der Waals surface area contributed by atoms with Gasteiger partial charge in [0.05, 0.1) is 5.38 Å². The summed E-state index contributed by atoms with van der Waals surface area (Å²) in [5.74, 6) is -2.55. The second kappa shape index (κ2) is 6.68. The Kier molecular flexibility index (Phi) is 4.91. The Morgan fingerprint density at radius 2 is 1.86 bits per heavy atom. The van der Waals surface area contributed by atoms with E-state index >= 15 is 0 Å². The van der Waals surface area contributed by atoms with Crippen LogP contribution < -0.4 is 5.32 Å². The van der Waals surface area contributed by atoms with E-state index in [0.717, 1.165) is 11.6 Å². The Bertz CT molecular complexity index is 646. The van der Waals surface area contributed by atoms with Crippen molar-refractivity contribution < 1.29 is 13.6 Å². The van der Waals surface area contributed by atoms with E-state index in [1.54, 1.807) is 0 Å². The maximum Gasteiger partial charge on any atom is 0.257 e. The molecule has 0 radical (unpaired) electrons. The van der Waals surface area contributed by atoms with Crippen LogP contribution in [-0.4, -0.2) is 12.5 Å². The fraction of sp³-hybridized carbons (Fsp3) is 0.188. The molecule has 2 rings (SSSR count). The largest absolute Gasteiger partial charge is 0.350 e. The van der Waals surface area contributed by atoms with E-state index in [1.165, 1.54) is 13.0 Å². The molecule has 5 heteroatoms. The van der Waals surface area contributed by atoms with Gasteiger partial charge in [-0.2, -0.15) is 0 Å². The molecule has 0 heterocycles. The van der Waals surface area contributed by atoms with Crippen molar-refractivity contribution in [3.8, 4) is 0 Å². The minimum atomic E-state index is -0.888. The summed E-state index contributed by atoms with van der Waals surface area (Å²) in [5.41, 5.74) is 0.462. The van der Waals surface area contributed by atoms with Gasteiger partial charge in [-0.1, -0.05) is 36.4 Å². The average molecular weight is 310 g/mol. The first kappa shape index (κ1) is 15.4. The number of amides is 1. The van der Waals surface area contributed by atoms with Crippen molar-refractivity contribution in [3.63, 3.8) is 0 Å². The fourth-order valence-corrected chi connectivity index (χ4v) is 2.14. The molecule has 0 aliphatic carbocycles. The van der Waals surface area contributed by atoms with Gasteiger partial charge in [0.1, 0.15) is 17.2 Å². The van der Waals surface area contributed by atoms with E-state index in [1.807, 2.05) is 30.3 Å². The van der Waals surface area contributed by atoms with Gasteiger partial charge in [0.25, 0.3) is 5.91 Å². The summed E-state index contributed by atoms with van der Waals surface area (Å²) in [4.78, 5) is 11.9. The highest BCUT2D eigenvalue weighted by molar-refractivity contribution is 6.21. The predicted molar refractivity (Wildman–Crippen MR) is 78.5 cm³/mol. The molecule has 1 N–H and O–H groups in total. The van der Waals surface area contributed by atoms with Crippen LogP contribution >= 0.6 is 11.6 Å². The SMILES string of the molecule is Cc1ccc(F)c(C(=O)NCC(Cl)c2ccccc2)c1F. The Labute approximate surface area is 126 Å². The summed E-state index contributed by atoms with van der Waals surface area (Å²) in [6.45, 7) is 1.55. The van der Waals surface area contributed by atoms with Crippen molar-refractivity contribution in [1.82, 2.24) is 5.32 Å². The molecular weight excluding hydrogens is 296 g/mol. The molecule has 0 aliphatic heterocycles. The summed E-state index contributed by atoms with van der Waals surface area (Å²) >= 11 is 6.15. The highest BCUT2D eigenvalue weighted by Crippen LogP contribution is 2.20. The first-order valence-corrected chi connectivity index (χ1v) is 6.86. The normalized spacial score (nSPS) is 12.0. The Hall–Kier alpha value is -1.94. The van der Waals surface area contributed by atoms with Crippen LogP contribution in [0.3, 0.4) is 0 Å². The quantitative estimate of drug-likeness (QED) is 0.850. The Balaban J connectivity index is 2.08. The maximum absolute atomic E-state index is 13.8. The Morgan fingerprint density at radius 1 is 1.19 bits per heavy atom. The van der Waals surface area contributed by atoms with Gasteiger partial charge in [-0.05, 0) is 24.1 Å². The van der Waals surface area contributed by atoms with Crippen molar-refractivity contribution in [2.45, 2.75) is 12.3 Å². The molecule has 2 nitrogen and oxygen atoms in total. The van der Waals surface area contributed by atoms with Gasteiger partial charge in [0, 0.05) is 6.54 Å². The van der Waals surface area contributed by atoms with Crippen molar-refractivity contribution in [3.05, 3.63) is 70.8 Å². The zero-order chi connectivity index (χ0) is 15.4. The summed E-state index contributed by atoms with van der Waals surface area (Å²) in [6.07, 6.45) is 0. The number of alkyl halides is 1. The van der Waals surface area contributed by atoms with Crippen LogP contribution in [0.1, 0.15) is 26.9 Å². The van der Waals surface area contributed by atoms with E-state index in [2.05, 4.69) is 5.32 Å². The van der Waals surface area contributed by atoms with Crippen LogP contribution in [0.25, 0.3) is 0 Å². The minimum Gasteiger partial charge on any atom is -0.350 e. The van der Waals surface area contributed by atoms with Crippen LogP contribution in [0.2, 0.25) is 0 Å². The van der Waals surface area contributed by atoms with Gasteiger partial charge in [0.15, 0.2) is 0 Å². The van der Waals surface area contributed by atoms with Crippen LogP contribution in [0.15, 0.2) is 42.5 Å². The van der Waals surface area contributed by atoms with Crippen LogP contribution in [0, 0.1) is 18.6 Å². The number of carbonyl (C=O) groups is 1. The first-order valence-electron chi connectivity index (χ1n) is 6.42. The van der Waals surface area contributed by atoms with Crippen molar-refractivity contribution in [2.24, 2.45) is 0 Å². The minimum absolute atomic E-state index is 0.0806. The summed E-state index contributed by atoms with van der Waals surface area (Å²) in [6, 6.07) is 11.5. The van der Waals surface area contributed by atoms with E-state index in [4.69, 9.17) is 11.6 Å². The van der Waals surface area contributed by atoms with Crippen molar-refractivity contribution in [1.29, 1.82) is 0 Å². The molecule has 0 aliphatic rings. The summed E-state index contributed by atoms with van der Waals surface area (Å²) < 4.78 is 27.4. The maximum atomic E-state index is 13.8. The zero-order valence-corrected chi connectivity index (χ0v) is 12.1. The molecule has 2 aromatic carbocycles. The molecular formula is C16H14ClF2NO. The Morgan fingerprint density at radius 3 is 2.52 bits per heavy atom. The fourth-order valence-electron chi connectivity index (χ4n) is 1.92. The second-order valence-electron chi connectivity index (χ2n) is 4.64. The van der Waals surface area contributed by atoms with Crippen molar-refractivity contribution >= 4 is 17.5 Å². The first-order chi connectivity index (χ1) is 10.0. The molecule has 0 spiro atoms. The number of hydrogen-bond acceptors (Lipinski definition) is 1. The molecule has 0 saturated carbocycles. The van der Waals surface area contributed by atoms with E-state index in [0.29, 0.717) is 0 Å². The molecule has 2 aromatic rings. The van der Waals surface area contributed by atoms with Crippen LogP contribution in [0.5, 0.6) is 0 Å². The van der Waals surface area contributed by atoms with E-state index < -0.39 is 28.5 Å². The van der Waals surface area contributed by atoms with Gasteiger partial charge >= 0.3 is 0 Å². The average Bonchev–Trinajstić information content (AvgIpc) is 2.50. The number of benzene rings is 2. The number of aryl methyl sites for hydroxylation is 1. The molecule has 1 atom stereocenters. The van der Waals surface area contributed by atoms with E-state index in [9.17, 15) is 13.6 Å². The molecule has 0 fully saturated rings. The third-order valence-electron chi connectivity index (χ3n) is 3.11. The molecule has 1 amide bonds. The standard InChI is InChI=1S/C16H14ClF2NO/c1-10-7-8-13(18)14(15(10)19)16(21)20-9-12(17)11-5-3-2-4-6-11/h2-8,12H,9H2,1H3,(H,20,21). The number of rotatable bonds is 4.